The summed E-state index contributed by atoms with van der Waals surface area (Å²) >= 11 is 0. The molecule has 2 aromatic rings. The van der Waals surface area contributed by atoms with Crippen molar-refractivity contribution in [2.24, 2.45) is 0 Å². The van der Waals surface area contributed by atoms with Crippen molar-refractivity contribution in [1.29, 1.82) is 0 Å². The maximum absolute atomic E-state index is 13.6. The van der Waals surface area contributed by atoms with Gasteiger partial charge in [-0.1, -0.05) is 24.3 Å². The molecule has 3 nitrogen and oxygen atoms in total. The van der Waals surface area contributed by atoms with Gasteiger partial charge < -0.3 is 10.4 Å². The van der Waals surface area contributed by atoms with Crippen LogP contribution in [-0.4, -0.2) is 11.1 Å². The summed E-state index contributed by atoms with van der Waals surface area (Å²) in [4.78, 5) is 10.6. The molecule has 0 fully saturated rings. The zero-order valence-electron chi connectivity index (χ0n) is 11.5. The highest BCUT2D eigenvalue weighted by Gasteiger charge is 2.07. The molecule has 21 heavy (non-hydrogen) atoms. The summed E-state index contributed by atoms with van der Waals surface area (Å²) < 4.78 is 27.0. The van der Waals surface area contributed by atoms with Crippen LogP contribution < -0.4 is 5.32 Å². The molecule has 0 saturated heterocycles. The van der Waals surface area contributed by atoms with Gasteiger partial charge in [0, 0.05) is 12.6 Å². The maximum Gasteiger partial charge on any atom is 0.307 e. The molecule has 0 bridgehead atoms. The molecule has 2 N–H and O–H groups in total. The molecule has 0 aliphatic rings. The van der Waals surface area contributed by atoms with Crippen LogP contribution in [0.1, 0.15) is 16.7 Å². The fourth-order valence-electron chi connectivity index (χ4n) is 1.93. The number of carboxylic acid groups (broad SMARTS) is 1. The molecular weight excluding hydrogens is 276 g/mol. The summed E-state index contributed by atoms with van der Waals surface area (Å²) in [5.41, 5.74) is 1.91. The fraction of sp³-hybridized carbons (Fsp3) is 0.188. The van der Waals surface area contributed by atoms with Crippen LogP contribution in [-0.2, 0) is 17.8 Å². The van der Waals surface area contributed by atoms with Crippen LogP contribution in [0, 0.1) is 18.6 Å². The summed E-state index contributed by atoms with van der Waals surface area (Å²) in [5, 5.41) is 11.5. The number of carboxylic acids is 1. The van der Waals surface area contributed by atoms with Crippen molar-refractivity contribution in [3.05, 3.63) is 64.7 Å². The summed E-state index contributed by atoms with van der Waals surface area (Å²) in [7, 11) is 0. The van der Waals surface area contributed by atoms with E-state index in [0.29, 0.717) is 12.1 Å². The average Bonchev–Trinajstić information content (AvgIpc) is 2.42. The van der Waals surface area contributed by atoms with E-state index in [2.05, 4.69) is 5.32 Å². The number of halogens is 2. The number of hydrogen-bond donors (Lipinski definition) is 2. The highest BCUT2D eigenvalue weighted by atomic mass is 19.1. The van der Waals surface area contributed by atoms with Gasteiger partial charge in [-0.15, -0.1) is 0 Å². The Labute approximate surface area is 121 Å². The molecule has 0 aliphatic carbocycles. The molecule has 0 spiro atoms. The Hall–Kier alpha value is -2.43. The van der Waals surface area contributed by atoms with E-state index in [0.717, 1.165) is 17.7 Å². The number of carbonyl (C=O) groups is 1. The minimum atomic E-state index is -0.891. The Morgan fingerprint density at radius 2 is 1.71 bits per heavy atom. The van der Waals surface area contributed by atoms with Crippen LogP contribution >= 0.6 is 0 Å². The first-order valence-electron chi connectivity index (χ1n) is 6.45. The van der Waals surface area contributed by atoms with Crippen LogP contribution in [0.5, 0.6) is 0 Å². The minimum absolute atomic E-state index is 0.0362. The van der Waals surface area contributed by atoms with Crippen molar-refractivity contribution in [2.45, 2.75) is 19.9 Å². The van der Waals surface area contributed by atoms with E-state index in [1.54, 1.807) is 24.3 Å². The Bertz CT molecular complexity index is 654. The molecule has 0 aromatic heterocycles. The minimum Gasteiger partial charge on any atom is -0.481 e. The topological polar surface area (TPSA) is 49.3 Å². The van der Waals surface area contributed by atoms with E-state index < -0.39 is 17.6 Å². The third kappa shape index (κ3) is 4.02. The lowest BCUT2D eigenvalue weighted by atomic mass is 10.1. The second-order valence-electron chi connectivity index (χ2n) is 4.82. The van der Waals surface area contributed by atoms with E-state index in [-0.39, 0.29) is 17.7 Å². The molecule has 0 radical (unpaired) electrons. The molecule has 0 atom stereocenters. The quantitative estimate of drug-likeness (QED) is 0.886. The number of anilines is 1. The summed E-state index contributed by atoms with van der Waals surface area (Å²) in [5.74, 6) is -1.86. The van der Waals surface area contributed by atoms with E-state index in [1.165, 1.54) is 6.92 Å². The molecular formula is C16H15F2NO2. The number of nitrogens with one attached hydrogen (secondary N) is 1. The van der Waals surface area contributed by atoms with Crippen LogP contribution in [0.25, 0.3) is 0 Å². The maximum atomic E-state index is 13.6. The van der Waals surface area contributed by atoms with E-state index in [9.17, 15) is 13.6 Å². The Kier molecular flexibility index (Phi) is 4.52. The number of aliphatic carboxylic acids is 1. The number of aryl methyl sites for hydroxylation is 1. The van der Waals surface area contributed by atoms with E-state index in [1.807, 2.05) is 0 Å². The first kappa shape index (κ1) is 15.0. The van der Waals surface area contributed by atoms with Crippen LogP contribution in [0.3, 0.4) is 0 Å². The van der Waals surface area contributed by atoms with Gasteiger partial charge in [-0.3, -0.25) is 4.79 Å². The van der Waals surface area contributed by atoms with Gasteiger partial charge in [0.15, 0.2) is 0 Å². The van der Waals surface area contributed by atoms with E-state index >= 15 is 0 Å². The predicted molar refractivity (Wildman–Crippen MR) is 76.2 cm³/mol. The fourth-order valence-corrected chi connectivity index (χ4v) is 1.93. The van der Waals surface area contributed by atoms with Crippen molar-refractivity contribution in [2.75, 3.05) is 5.32 Å². The normalized spacial score (nSPS) is 10.4. The van der Waals surface area contributed by atoms with Crippen molar-refractivity contribution in [3.8, 4) is 0 Å². The van der Waals surface area contributed by atoms with Gasteiger partial charge in [0.05, 0.1) is 12.1 Å². The molecule has 2 rings (SSSR count). The van der Waals surface area contributed by atoms with E-state index in [4.69, 9.17) is 5.11 Å². The summed E-state index contributed by atoms with van der Waals surface area (Å²) in [6, 6.07) is 9.20. The standard InChI is InChI=1S/C16H15F2NO2/c1-10-6-14(18)15(8-13(10)17)19-9-12-4-2-11(3-5-12)7-16(20)21/h2-6,8,19H,7,9H2,1H3,(H,20,21). The number of hydrogen-bond acceptors (Lipinski definition) is 2. The SMILES string of the molecule is Cc1cc(F)c(NCc2ccc(CC(=O)O)cc2)cc1F. The molecule has 0 saturated carbocycles. The predicted octanol–water partition coefficient (Wildman–Crippen LogP) is 3.51. The van der Waals surface area contributed by atoms with Gasteiger partial charge in [-0.05, 0) is 29.7 Å². The zero-order valence-corrected chi connectivity index (χ0v) is 11.5. The third-order valence-electron chi connectivity index (χ3n) is 3.11. The first-order valence-corrected chi connectivity index (χ1v) is 6.45. The second kappa shape index (κ2) is 6.35. The smallest absolute Gasteiger partial charge is 0.307 e. The third-order valence-corrected chi connectivity index (χ3v) is 3.11. The average molecular weight is 291 g/mol. The van der Waals surface area contributed by atoms with Gasteiger partial charge in [0.1, 0.15) is 11.6 Å². The van der Waals surface area contributed by atoms with Crippen LogP contribution in [0.4, 0.5) is 14.5 Å². The molecule has 2 aromatic carbocycles. The van der Waals surface area contributed by atoms with Gasteiger partial charge >= 0.3 is 5.97 Å². The molecule has 0 unspecified atom stereocenters. The molecule has 0 aliphatic heterocycles. The molecule has 0 heterocycles. The highest BCUT2D eigenvalue weighted by Crippen LogP contribution is 2.19. The van der Waals surface area contributed by atoms with Gasteiger partial charge in [-0.25, -0.2) is 8.78 Å². The number of benzene rings is 2. The second-order valence-corrected chi connectivity index (χ2v) is 4.82. The van der Waals surface area contributed by atoms with Gasteiger partial charge in [0.25, 0.3) is 0 Å². The van der Waals surface area contributed by atoms with Crippen molar-refractivity contribution in [3.63, 3.8) is 0 Å². The molecule has 5 heteroatoms. The number of rotatable bonds is 5. The van der Waals surface area contributed by atoms with Crippen LogP contribution in [0.2, 0.25) is 0 Å². The highest BCUT2D eigenvalue weighted by molar-refractivity contribution is 5.70. The van der Waals surface area contributed by atoms with Crippen LogP contribution in [0.15, 0.2) is 36.4 Å². The van der Waals surface area contributed by atoms with Crippen molar-refractivity contribution in [1.82, 2.24) is 0 Å². The summed E-state index contributed by atoms with van der Waals surface area (Å²) in [6.45, 7) is 1.83. The molecule has 0 amide bonds. The monoisotopic (exact) mass is 291 g/mol. The zero-order chi connectivity index (χ0) is 15.4. The lowest BCUT2D eigenvalue weighted by Gasteiger charge is -2.09. The lowest BCUT2D eigenvalue weighted by Crippen LogP contribution is -2.04. The largest absolute Gasteiger partial charge is 0.481 e. The first-order chi connectivity index (χ1) is 9.95. The Morgan fingerprint density at radius 3 is 2.33 bits per heavy atom. The lowest BCUT2D eigenvalue weighted by molar-refractivity contribution is -0.136. The van der Waals surface area contributed by atoms with Gasteiger partial charge in [0.2, 0.25) is 0 Å². The summed E-state index contributed by atoms with van der Waals surface area (Å²) in [6.07, 6.45) is -0.0362. The Morgan fingerprint density at radius 1 is 1.10 bits per heavy atom. The van der Waals surface area contributed by atoms with Crippen molar-refractivity contribution >= 4 is 11.7 Å². The van der Waals surface area contributed by atoms with Crippen molar-refractivity contribution < 1.29 is 18.7 Å². The molecule has 110 valence electrons. The Balaban J connectivity index is 2.03. The van der Waals surface area contributed by atoms with Gasteiger partial charge in [-0.2, -0.15) is 0 Å².